The lowest BCUT2D eigenvalue weighted by molar-refractivity contribution is -0.121. The number of carbonyl (C=O) groups is 1. The summed E-state index contributed by atoms with van der Waals surface area (Å²) in [5.74, 6) is 1.16. The number of nitriles is 1. The summed E-state index contributed by atoms with van der Waals surface area (Å²) >= 11 is 0. The maximum absolute atomic E-state index is 12.1. The molecule has 0 bridgehead atoms. The minimum atomic E-state index is 0.0503. The molecule has 2 aromatic carbocycles. The van der Waals surface area contributed by atoms with Crippen LogP contribution in [0.25, 0.3) is 0 Å². The summed E-state index contributed by atoms with van der Waals surface area (Å²) in [5, 5.41) is 11.9. The third kappa shape index (κ3) is 7.17. The lowest BCUT2D eigenvalue weighted by Gasteiger charge is -2.36. The third-order valence-electron chi connectivity index (χ3n) is 5.57. The van der Waals surface area contributed by atoms with Gasteiger partial charge in [-0.1, -0.05) is 18.2 Å². The molecule has 0 unspecified atom stereocenters. The first-order valence-corrected chi connectivity index (χ1v) is 11.2. The summed E-state index contributed by atoms with van der Waals surface area (Å²) in [6.07, 6.45) is 2.00. The van der Waals surface area contributed by atoms with Gasteiger partial charge >= 0.3 is 0 Å². The number of ether oxygens (including phenoxy) is 2. The molecule has 1 N–H and O–H groups in total. The molecule has 0 aliphatic carbocycles. The standard InChI is InChI=1S/C25H32N4O3/c1-31-24-19-21(20-26)10-11-23(24)32-18-5-9-25(30)27-12-6-13-28-14-16-29(17-15-28)22-7-3-2-4-8-22/h2-4,7-8,10-11,19H,5-6,9,12-18H2,1H3,(H,27,30). The summed E-state index contributed by atoms with van der Waals surface area (Å²) < 4.78 is 10.9. The van der Waals surface area contributed by atoms with E-state index in [2.05, 4.69) is 45.5 Å². The van der Waals surface area contributed by atoms with E-state index >= 15 is 0 Å². The van der Waals surface area contributed by atoms with Crippen LogP contribution in [-0.2, 0) is 4.79 Å². The average molecular weight is 437 g/mol. The fourth-order valence-electron chi connectivity index (χ4n) is 3.76. The van der Waals surface area contributed by atoms with Crippen molar-refractivity contribution in [3.05, 3.63) is 54.1 Å². The van der Waals surface area contributed by atoms with Gasteiger partial charge in [0.25, 0.3) is 0 Å². The van der Waals surface area contributed by atoms with Crippen LogP contribution in [-0.4, -0.2) is 63.8 Å². The fraction of sp³-hybridized carbons (Fsp3) is 0.440. The smallest absolute Gasteiger partial charge is 0.220 e. The number of hydrogen-bond acceptors (Lipinski definition) is 6. The van der Waals surface area contributed by atoms with Crippen molar-refractivity contribution < 1.29 is 14.3 Å². The van der Waals surface area contributed by atoms with Crippen LogP contribution in [0.15, 0.2) is 48.5 Å². The van der Waals surface area contributed by atoms with Crippen LogP contribution in [0.1, 0.15) is 24.8 Å². The number of nitrogens with zero attached hydrogens (tertiary/aromatic N) is 3. The molecule has 0 atom stereocenters. The minimum Gasteiger partial charge on any atom is -0.493 e. The van der Waals surface area contributed by atoms with Gasteiger partial charge in [0.2, 0.25) is 5.91 Å². The predicted molar refractivity (Wildman–Crippen MR) is 125 cm³/mol. The van der Waals surface area contributed by atoms with Crippen molar-refractivity contribution in [3.8, 4) is 17.6 Å². The lowest BCUT2D eigenvalue weighted by atomic mass is 10.2. The van der Waals surface area contributed by atoms with Gasteiger partial charge in [-0.3, -0.25) is 9.69 Å². The van der Waals surface area contributed by atoms with E-state index in [-0.39, 0.29) is 5.91 Å². The van der Waals surface area contributed by atoms with Gasteiger partial charge in [-0.2, -0.15) is 5.26 Å². The molecule has 0 aromatic heterocycles. The predicted octanol–water partition coefficient (Wildman–Crippen LogP) is 3.05. The molecule has 1 heterocycles. The molecule has 2 aromatic rings. The van der Waals surface area contributed by atoms with E-state index in [0.29, 0.717) is 43.1 Å². The van der Waals surface area contributed by atoms with Crippen molar-refractivity contribution in [3.63, 3.8) is 0 Å². The Labute approximate surface area is 190 Å². The molecule has 32 heavy (non-hydrogen) atoms. The van der Waals surface area contributed by atoms with Crippen molar-refractivity contribution in [1.29, 1.82) is 5.26 Å². The molecular formula is C25H32N4O3. The third-order valence-corrected chi connectivity index (χ3v) is 5.57. The van der Waals surface area contributed by atoms with Crippen LogP contribution in [0.3, 0.4) is 0 Å². The van der Waals surface area contributed by atoms with Crippen LogP contribution >= 0.6 is 0 Å². The number of carbonyl (C=O) groups excluding carboxylic acids is 1. The molecule has 3 rings (SSSR count). The van der Waals surface area contributed by atoms with E-state index in [4.69, 9.17) is 14.7 Å². The molecule has 7 nitrogen and oxygen atoms in total. The number of para-hydroxylation sites is 1. The first-order valence-electron chi connectivity index (χ1n) is 11.2. The van der Waals surface area contributed by atoms with E-state index in [9.17, 15) is 4.79 Å². The summed E-state index contributed by atoms with van der Waals surface area (Å²) in [4.78, 5) is 17.0. The summed E-state index contributed by atoms with van der Waals surface area (Å²) in [5.41, 5.74) is 1.81. The molecule has 1 amide bonds. The Bertz CT molecular complexity index is 890. The molecule has 1 fully saturated rings. The number of piperazine rings is 1. The molecule has 1 saturated heterocycles. The minimum absolute atomic E-state index is 0.0503. The number of rotatable bonds is 11. The van der Waals surface area contributed by atoms with Gasteiger partial charge in [-0.15, -0.1) is 0 Å². The Morgan fingerprint density at radius 1 is 1.06 bits per heavy atom. The second kappa shape index (κ2) is 12.6. The van der Waals surface area contributed by atoms with E-state index in [0.717, 1.165) is 39.1 Å². The maximum Gasteiger partial charge on any atom is 0.220 e. The molecule has 1 aliphatic rings. The van der Waals surface area contributed by atoms with E-state index < -0.39 is 0 Å². The second-order valence-electron chi connectivity index (χ2n) is 7.80. The van der Waals surface area contributed by atoms with Crippen LogP contribution in [0.2, 0.25) is 0 Å². The van der Waals surface area contributed by atoms with Gasteiger partial charge in [0.1, 0.15) is 0 Å². The monoisotopic (exact) mass is 436 g/mol. The Hall–Kier alpha value is -3.24. The van der Waals surface area contributed by atoms with Gasteiger partial charge in [0.05, 0.1) is 25.3 Å². The number of hydrogen-bond donors (Lipinski definition) is 1. The first kappa shape index (κ1) is 23.4. The van der Waals surface area contributed by atoms with Crippen LogP contribution in [0, 0.1) is 11.3 Å². The first-order chi connectivity index (χ1) is 15.7. The van der Waals surface area contributed by atoms with Crippen molar-refractivity contribution in [2.45, 2.75) is 19.3 Å². The van der Waals surface area contributed by atoms with Gasteiger partial charge < -0.3 is 19.7 Å². The number of nitrogens with one attached hydrogen (secondary N) is 1. The average Bonchev–Trinajstić information content (AvgIpc) is 2.85. The number of benzene rings is 2. The highest BCUT2D eigenvalue weighted by atomic mass is 16.5. The van der Waals surface area contributed by atoms with Crippen LogP contribution in [0.5, 0.6) is 11.5 Å². The summed E-state index contributed by atoms with van der Waals surface area (Å²) in [6, 6.07) is 17.7. The van der Waals surface area contributed by atoms with Crippen molar-refractivity contribution >= 4 is 11.6 Å². The highest BCUT2D eigenvalue weighted by Crippen LogP contribution is 2.27. The highest BCUT2D eigenvalue weighted by molar-refractivity contribution is 5.75. The fourth-order valence-corrected chi connectivity index (χ4v) is 3.76. The normalized spacial score (nSPS) is 13.9. The molecule has 170 valence electrons. The molecule has 0 radical (unpaired) electrons. The Morgan fingerprint density at radius 2 is 1.84 bits per heavy atom. The van der Waals surface area contributed by atoms with Gasteiger partial charge in [0.15, 0.2) is 11.5 Å². The largest absolute Gasteiger partial charge is 0.493 e. The number of amides is 1. The van der Waals surface area contributed by atoms with Crippen molar-refractivity contribution in [2.75, 3.05) is 57.9 Å². The molecular weight excluding hydrogens is 404 g/mol. The quantitative estimate of drug-likeness (QED) is 0.546. The van der Waals surface area contributed by atoms with E-state index in [1.807, 2.05) is 6.07 Å². The molecule has 0 spiro atoms. The zero-order chi connectivity index (χ0) is 22.6. The lowest BCUT2D eigenvalue weighted by Crippen LogP contribution is -2.47. The van der Waals surface area contributed by atoms with Gasteiger partial charge in [-0.25, -0.2) is 0 Å². The zero-order valence-corrected chi connectivity index (χ0v) is 18.8. The molecule has 7 heteroatoms. The zero-order valence-electron chi connectivity index (χ0n) is 18.8. The van der Waals surface area contributed by atoms with Crippen LogP contribution < -0.4 is 19.7 Å². The van der Waals surface area contributed by atoms with Crippen LogP contribution in [0.4, 0.5) is 5.69 Å². The van der Waals surface area contributed by atoms with Gasteiger partial charge in [-0.05, 0) is 43.7 Å². The van der Waals surface area contributed by atoms with E-state index in [1.54, 1.807) is 25.3 Å². The Morgan fingerprint density at radius 3 is 2.56 bits per heavy atom. The Kier molecular flexibility index (Phi) is 9.20. The number of anilines is 1. The SMILES string of the molecule is COc1cc(C#N)ccc1OCCCC(=O)NCCCN1CCN(c2ccccc2)CC1. The summed E-state index contributed by atoms with van der Waals surface area (Å²) in [6.45, 7) is 6.31. The highest BCUT2D eigenvalue weighted by Gasteiger charge is 2.16. The second-order valence-corrected chi connectivity index (χ2v) is 7.80. The maximum atomic E-state index is 12.1. The van der Waals surface area contributed by atoms with Crippen molar-refractivity contribution in [2.24, 2.45) is 0 Å². The molecule has 0 saturated carbocycles. The topological polar surface area (TPSA) is 77.8 Å². The van der Waals surface area contributed by atoms with E-state index in [1.165, 1.54) is 5.69 Å². The summed E-state index contributed by atoms with van der Waals surface area (Å²) in [7, 11) is 1.54. The Balaban J connectivity index is 1.24. The van der Waals surface area contributed by atoms with Gasteiger partial charge in [0, 0.05) is 50.9 Å². The molecule has 1 aliphatic heterocycles. The van der Waals surface area contributed by atoms with Crippen molar-refractivity contribution in [1.82, 2.24) is 10.2 Å². The number of methoxy groups -OCH3 is 1.